The molecule has 5 nitrogen and oxygen atoms in total. The molecule has 0 bridgehead atoms. The lowest BCUT2D eigenvalue weighted by Gasteiger charge is -2.40. The summed E-state index contributed by atoms with van der Waals surface area (Å²) in [5.41, 5.74) is 5.66. The number of hydrogen-bond donors (Lipinski definition) is 0. The third kappa shape index (κ3) is 4.95. The first-order valence-electron chi connectivity index (χ1n) is 12.0. The summed E-state index contributed by atoms with van der Waals surface area (Å²) < 4.78 is 15.8. The molecule has 4 rings (SSSR count). The quantitative estimate of drug-likeness (QED) is 0.300. The minimum absolute atomic E-state index is 0.0645. The van der Waals surface area contributed by atoms with Crippen LogP contribution in [0.4, 0.5) is 0 Å². The Morgan fingerprint density at radius 1 is 0.686 bits per heavy atom. The van der Waals surface area contributed by atoms with Gasteiger partial charge in [0.15, 0.2) is 0 Å². The highest BCUT2D eigenvalue weighted by Gasteiger charge is 2.38. The fraction of sp³-hybridized carbons (Fsp3) is 0.333. The van der Waals surface area contributed by atoms with Gasteiger partial charge in [-0.05, 0) is 97.5 Å². The zero-order chi connectivity index (χ0) is 25.0. The van der Waals surface area contributed by atoms with Crippen molar-refractivity contribution < 1.29 is 23.8 Å². The van der Waals surface area contributed by atoms with Gasteiger partial charge >= 0.3 is 11.9 Å². The van der Waals surface area contributed by atoms with E-state index in [1.807, 2.05) is 12.1 Å². The molecule has 1 fully saturated rings. The molecule has 0 unspecified atom stereocenters. The zero-order valence-electron chi connectivity index (χ0n) is 20.9. The van der Waals surface area contributed by atoms with E-state index in [0.717, 1.165) is 24.2 Å². The Kier molecular flexibility index (Phi) is 7.25. The Morgan fingerprint density at radius 3 is 1.71 bits per heavy atom. The highest BCUT2D eigenvalue weighted by molar-refractivity contribution is 5.94. The summed E-state index contributed by atoms with van der Waals surface area (Å²) >= 11 is 0. The lowest BCUT2D eigenvalue weighted by atomic mass is 9.63. The zero-order valence-corrected chi connectivity index (χ0v) is 20.9. The topological polar surface area (TPSA) is 61.8 Å². The standard InChI is InChI=1S/C30H32O5/c1-20-18-24(33-3)12-14-26(20)30(16-6-5-7-17-30)27-15-13-25(19-21(27)2)35-29(32)23-10-8-22(9-11-23)28(31)34-4/h8-15,18-19H,5-7,16-17H2,1-4H3. The first-order valence-corrected chi connectivity index (χ1v) is 12.0. The van der Waals surface area contributed by atoms with Gasteiger partial charge < -0.3 is 14.2 Å². The molecule has 0 amide bonds. The van der Waals surface area contributed by atoms with Crippen LogP contribution in [0.3, 0.4) is 0 Å². The summed E-state index contributed by atoms with van der Waals surface area (Å²) in [5.74, 6) is 0.466. The van der Waals surface area contributed by atoms with Crippen LogP contribution in [0.2, 0.25) is 0 Å². The lowest BCUT2D eigenvalue weighted by molar-refractivity contribution is 0.0599. The molecule has 0 N–H and O–H groups in total. The van der Waals surface area contributed by atoms with Crippen molar-refractivity contribution in [2.45, 2.75) is 51.4 Å². The Labute approximate surface area is 207 Å². The first-order chi connectivity index (χ1) is 16.9. The summed E-state index contributed by atoms with van der Waals surface area (Å²) in [5, 5.41) is 0. The van der Waals surface area contributed by atoms with Gasteiger partial charge in [-0.1, -0.05) is 31.4 Å². The largest absolute Gasteiger partial charge is 0.497 e. The van der Waals surface area contributed by atoms with Crippen molar-refractivity contribution in [2.75, 3.05) is 14.2 Å². The minimum Gasteiger partial charge on any atom is -0.497 e. The van der Waals surface area contributed by atoms with Gasteiger partial charge in [0.2, 0.25) is 0 Å². The number of carbonyl (C=O) groups excluding carboxylic acids is 2. The predicted octanol–water partition coefficient (Wildman–Crippen LogP) is 6.57. The van der Waals surface area contributed by atoms with Crippen LogP contribution in [0, 0.1) is 13.8 Å². The fourth-order valence-corrected chi connectivity index (χ4v) is 5.40. The van der Waals surface area contributed by atoms with E-state index in [1.165, 1.54) is 43.1 Å². The van der Waals surface area contributed by atoms with E-state index in [4.69, 9.17) is 14.2 Å². The van der Waals surface area contributed by atoms with Crippen LogP contribution in [-0.4, -0.2) is 26.2 Å². The van der Waals surface area contributed by atoms with Crippen molar-refractivity contribution in [1.29, 1.82) is 0 Å². The summed E-state index contributed by atoms with van der Waals surface area (Å²) in [7, 11) is 3.02. The van der Waals surface area contributed by atoms with E-state index in [1.54, 1.807) is 31.4 Å². The molecule has 0 spiro atoms. The van der Waals surface area contributed by atoms with Crippen LogP contribution in [-0.2, 0) is 10.2 Å². The second kappa shape index (κ2) is 10.3. The van der Waals surface area contributed by atoms with Gasteiger partial charge in [0.05, 0.1) is 25.3 Å². The Morgan fingerprint density at radius 2 is 1.20 bits per heavy atom. The molecule has 0 aliphatic heterocycles. The van der Waals surface area contributed by atoms with E-state index >= 15 is 0 Å². The number of benzene rings is 3. The van der Waals surface area contributed by atoms with E-state index in [9.17, 15) is 9.59 Å². The average molecular weight is 473 g/mol. The Bertz CT molecular complexity index is 1220. The molecule has 1 aliphatic carbocycles. The molecule has 5 heteroatoms. The molecule has 0 aromatic heterocycles. The molecule has 3 aromatic carbocycles. The van der Waals surface area contributed by atoms with Crippen molar-refractivity contribution in [3.05, 3.63) is 94.0 Å². The van der Waals surface area contributed by atoms with E-state index in [2.05, 4.69) is 38.1 Å². The predicted molar refractivity (Wildman–Crippen MR) is 136 cm³/mol. The molecule has 0 saturated heterocycles. The normalized spacial score (nSPS) is 14.7. The molecule has 1 aliphatic rings. The third-order valence-electron chi connectivity index (χ3n) is 7.12. The van der Waals surface area contributed by atoms with Gasteiger partial charge in [-0.3, -0.25) is 0 Å². The minimum atomic E-state index is -0.466. The van der Waals surface area contributed by atoms with E-state index in [-0.39, 0.29) is 5.41 Å². The van der Waals surface area contributed by atoms with Crippen molar-refractivity contribution in [3.63, 3.8) is 0 Å². The van der Waals surface area contributed by atoms with Gasteiger partial charge in [-0.15, -0.1) is 0 Å². The first kappa shape index (κ1) is 24.5. The van der Waals surface area contributed by atoms with Gasteiger partial charge in [-0.25, -0.2) is 9.59 Å². The monoisotopic (exact) mass is 472 g/mol. The highest BCUT2D eigenvalue weighted by atomic mass is 16.5. The second-order valence-electron chi connectivity index (χ2n) is 9.26. The number of ether oxygens (including phenoxy) is 3. The summed E-state index contributed by atoms with van der Waals surface area (Å²) in [4.78, 5) is 24.3. The lowest BCUT2D eigenvalue weighted by Crippen LogP contribution is -2.32. The summed E-state index contributed by atoms with van der Waals surface area (Å²) in [6.45, 7) is 4.25. The molecule has 3 aromatic rings. The smallest absolute Gasteiger partial charge is 0.343 e. The van der Waals surface area contributed by atoms with Crippen molar-refractivity contribution in [1.82, 2.24) is 0 Å². The van der Waals surface area contributed by atoms with E-state index < -0.39 is 11.9 Å². The summed E-state index contributed by atoms with van der Waals surface area (Å²) in [6, 6.07) is 18.6. The van der Waals surface area contributed by atoms with Crippen molar-refractivity contribution in [2.24, 2.45) is 0 Å². The number of rotatable bonds is 6. The van der Waals surface area contributed by atoms with Crippen LogP contribution in [0.5, 0.6) is 11.5 Å². The maximum Gasteiger partial charge on any atom is 0.343 e. The highest BCUT2D eigenvalue weighted by Crippen LogP contribution is 2.48. The third-order valence-corrected chi connectivity index (χ3v) is 7.12. The maximum absolute atomic E-state index is 12.7. The molecule has 0 radical (unpaired) electrons. The summed E-state index contributed by atoms with van der Waals surface area (Å²) in [6.07, 6.45) is 5.80. The van der Waals surface area contributed by atoms with Gasteiger partial charge in [0, 0.05) is 5.41 Å². The molecule has 0 atom stereocenters. The molecule has 182 valence electrons. The number of methoxy groups -OCH3 is 2. The van der Waals surface area contributed by atoms with Gasteiger partial charge in [-0.2, -0.15) is 0 Å². The van der Waals surface area contributed by atoms with Crippen LogP contribution < -0.4 is 9.47 Å². The Hall–Kier alpha value is -3.60. The van der Waals surface area contributed by atoms with E-state index in [0.29, 0.717) is 16.9 Å². The molecule has 35 heavy (non-hydrogen) atoms. The molecular formula is C30H32O5. The molecule has 0 heterocycles. The Balaban J connectivity index is 1.61. The average Bonchev–Trinajstić information content (AvgIpc) is 2.88. The van der Waals surface area contributed by atoms with Crippen LogP contribution >= 0.6 is 0 Å². The number of aryl methyl sites for hydroxylation is 2. The molecular weight excluding hydrogens is 440 g/mol. The van der Waals surface area contributed by atoms with Crippen LogP contribution in [0.1, 0.15) is 75.1 Å². The second-order valence-corrected chi connectivity index (χ2v) is 9.26. The van der Waals surface area contributed by atoms with Crippen molar-refractivity contribution in [3.8, 4) is 11.5 Å². The number of hydrogen-bond acceptors (Lipinski definition) is 5. The van der Waals surface area contributed by atoms with Crippen molar-refractivity contribution >= 4 is 11.9 Å². The maximum atomic E-state index is 12.7. The molecule has 1 saturated carbocycles. The van der Waals surface area contributed by atoms with Gasteiger partial charge in [0.25, 0.3) is 0 Å². The SMILES string of the molecule is COC(=O)c1ccc(C(=O)Oc2ccc(C3(c4ccc(OC)cc4C)CCCCC3)c(C)c2)cc1. The number of esters is 2. The van der Waals surface area contributed by atoms with Crippen LogP contribution in [0.15, 0.2) is 60.7 Å². The number of carbonyl (C=O) groups is 2. The van der Waals surface area contributed by atoms with Gasteiger partial charge in [0.1, 0.15) is 11.5 Å². The fourth-order valence-electron chi connectivity index (χ4n) is 5.40. The van der Waals surface area contributed by atoms with Crippen LogP contribution in [0.25, 0.3) is 0 Å².